The molecule has 0 saturated heterocycles. The number of rotatable bonds is 8. The van der Waals surface area contributed by atoms with Gasteiger partial charge in [0.05, 0.1) is 7.11 Å². The van der Waals surface area contributed by atoms with Gasteiger partial charge in [-0.1, -0.05) is 54.1 Å². The maximum Gasteiger partial charge on any atom is 0.163 e. The highest BCUT2D eigenvalue weighted by Crippen LogP contribution is 2.34. The highest BCUT2D eigenvalue weighted by atomic mass is 35.5. The van der Waals surface area contributed by atoms with Gasteiger partial charge in [0.2, 0.25) is 0 Å². The van der Waals surface area contributed by atoms with Crippen molar-refractivity contribution >= 4 is 11.6 Å². The lowest BCUT2D eigenvalue weighted by Gasteiger charge is -2.17. The first-order valence-electron chi connectivity index (χ1n) is 9.09. The van der Waals surface area contributed by atoms with Crippen LogP contribution >= 0.6 is 11.6 Å². The Labute approximate surface area is 170 Å². The summed E-state index contributed by atoms with van der Waals surface area (Å²) in [7, 11) is 1.60. The number of hydrogen-bond donors (Lipinski definition) is 1. The molecule has 3 nitrogen and oxygen atoms in total. The van der Waals surface area contributed by atoms with E-state index in [0.717, 1.165) is 11.1 Å². The van der Waals surface area contributed by atoms with Crippen molar-refractivity contribution in [2.24, 2.45) is 0 Å². The average molecular weight is 400 g/mol. The summed E-state index contributed by atoms with van der Waals surface area (Å²) in [6.45, 7) is 3.01. The van der Waals surface area contributed by atoms with Crippen molar-refractivity contribution in [1.82, 2.24) is 5.32 Å². The third-order valence-corrected chi connectivity index (χ3v) is 4.89. The molecule has 3 rings (SSSR count). The lowest BCUT2D eigenvalue weighted by atomic mass is 10.1. The summed E-state index contributed by atoms with van der Waals surface area (Å²) < 4.78 is 24.3. The third kappa shape index (κ3) is 5.24. The van der Waals surface area contributed by atoms with Gasteiger partial charge in [0.15, 0.2) is 11.5 Å². The molecule has 28 heavy (non-hydrogen) atoms. The van der Waals surface area contributed by atoms with E-state index in [0.29, 0.717) is 29.7 Å². The molecule has 0 heterocycles. The van der Waals surface area contributed by atoms with Gasteiger partial charge in [-0.15, -0.1) is 0 Å². The van der Waals surface area contributed by atoms with Crippen molar-refractivity contribution < 1.29 is 13.9 Å². The van der Waals surface area contributed by atoms with Gasteiger partial charge in [-0.25, -0.2) is 4.39 Å². The minimum atomic E-state index is -0.272. The van der Waals surface area contributed by atoms with Gasteiger partial charge in [0, 0.05) is 23.7 Å². The first-order chi connectivity index (χ1) is 13.6. The fourth-order valence-corrected chi connectivity index (χ4v) is 3.07. The summed E-state index contributed by atoms with van der Waals surface area (Å²) in [5.41, 5.74) is 3.00. The molecule has 0 fully saturated rings. The Kier molecular flexibility index (Phi) is 6.90. The number of halogens is 2. The second-order valence-corrected chi connectivity index (χ2v) is 6.93. The summed E-state index contributed by atoms with van der Waals surface area (Å²) in [6.07, 6.45) is 0. The Morgan fingerprint density at radius 2 is 1.71 bits per heavy atom. The van der Waals surface area contributed by atoms with E-state index in [9.17, 15) is 4.39 Å². The van der Waals surface area contributed by atoms with Crippen molar-refractivity contribution in [1.29, 1.82) is 0 Å². The standard InChI is InChI=1S/C23H23ClFNO2/c1-16(18-6-4-3-5-7-18)26-14-19-12-22(27-2)23(13-21(19)24)28-15-17-8-10-20(25)11-9-17/h3-13,16,26H,14-15H2,1-2H3. The maximum absolute atomic E-state index is 13.0. The third-order valence-electron chi connectivity index (χ3n) is 4.54. The molecule has 0 aromatic heterocycles. The van der Waals surface area contributed by atoms with E-state index < -0.39 is 0 Å². The van der Waals surface area contributed by atoms with Crippen LogP contribution in [0.4, 0.5) is 4.39 Å². The van der Waals surface area contributed by atoms with E-state index in [1.54, 1.807) is 25.3 Å². The molecule has 0 aliphatic rings. The lowest BCUT2D eigenvalue weighted by molar-refractivity contribution is 0.284. The molecule has 0 amide bonds. The van der Waals surface area contributed by atoms with Gasteiger partial charge in [-0.05, 0) is 41.8 Å². The quantitative estimate of drug-likeness (QED) is 0.510. The van der Waals surface area contributed by atoms with Crippen molar-refractivity contribution in [3.05, 3.63) is 94.3 Å². The summed E-state index contributed by atoms with van der Waals surface area (Å²) in [5, 5.41) is 4.07. The van der Waals surface area contributed by atoms with Crippen LogP contribution in [0.25, 0.3) is 0 Å². The lowest BCUT2D eigenvalue weighted by Crippen LogP contribution is -2.18. The Hall–Kier alpha value is -2.56. The smallest absolute Gasteiger partial charge is 0.163 e. The molecule has 1 N–H and O–H groups in total. The molecule has 1 atom stereocenters. The van der Waals surface area contributed by atoms with Crippen LogP contribution in [0.15, 0.2) is 66.7 Å². The first kappa shape index (κ1) is 20.2. The molecule has 1 unspecified atom stereocenters. The van der Waals surface area contributed by atoms with Crippen molar-refractivity contribution in [3.63, 3.8) is 0 Å². The second-order valence-electron chi connectivity index (χ2n) is 6.52. The fraction of sp³-hybridized carbons (Fsp3) is 0.217. The molecule has 0 radical (unpaired) electrons. The highest BCUT2D eigenvalue weighted by molar-refractivity contribution is 6.31. The Balaban J connectivity index is 1.67. The number of nitrogens with one attached hydrogen (secondary N) is 1. The van der Waals surface area contributed by atoms with E-state index in [1.807, 2.05) is 24.3 Å². The Morgan fingerprint density at radius 3 is 2.39 bits per heavy atom. The van der Waals surface area contributed by atoms with Crippen molar-refractivity contribution in [2.45, 2.75) is 26.1 Å². The molecule has 3 aromatic rings. The van der Waals surface area contributed by atoms with Crippen LogP contribution in [-0.2, 0) is 13.2 Å². The molecular formula is C23H23ClFNO2. The number of hydrogen-bond acceptors (Lipinski definition) is 3. The monoisotopic (exact) mass is 399 g/mol. The molecule has 0 aliphatic heterocycles. The predicted octanol–water partition coefficient (Wildman–Crippen LogP) is 5.92. The topological polar surface area (TPSA) is 30.5 Å². The molecule has 0 bridgehead atoms. The van der Waals surface area contributed by atoms with E-state index in [2.05, 4.69) is 24.4 Å². The van der Waals surface area contributed by atoms with E-state index >= 15 is 0 Å². The zero-order valence-electron chi connectivity index (χ0n) is 15.9. The van der Waals surface area contributed by atoms with Gasteiger partial charge in [-0.2, -0.15) is 0 Å². The summed E-state index contributed by atoms with van der Waals surface area (Å²) in [6, 6.07) is 20.3. The molecule has 0 aliphatic carbocycles. The predicted molar refractivity (Wildman–Crippen MR) is 110 cm³/mol. The van der Waals surface area contributed by atoms with Gasteiger partial charge in [0.25, 0.3) is 0 Å². The summed E-state index contributed by atoms with van der Waals surface area (Å²) in [4.78, 5) is 0. The number of methoxy groups -OCH3 is 1. The Bertz CT molecular complexity index is 900. The second kappa shape index (κ2) is 9.58. The van der Waals surface area contributed by atoms with Gasteiger partial charge in [-0.3, -0.25) is 0 Å². The average Bonchev–Trinajstić information content (AvgIpc) is 2.73. The van der Waals surface area contributed by atoms with Crippen LogP contribution in [0.5, 0.6) is 11.5 Å². The van der Waals surface area contributed by atoms with Crippen LogP contribution in [0.3, 0.4) is 0 Å². The summed E-state index contributed by atoms with van der Waals surface area (Å²) >= 11 is 6.47. The van der Waals surface area contributed by atoms with Crippen LogP contribution in [-0.4, -0.2) is 7.11 Å². The minimum Gasteiger partial charge on any atom is -0.493 e. The SMILES string of the molecule is COc1cc(CNC(C)c2ccccc2)c(Cl)cc1OCc1ccc(F)cc1. The highest BCUT2D eigenvalue weighted by Gasteiger charge is 2.12. The molecular weight excluding hydrogens is 377 g/mol. The van der Waals surface area contributed by atoms with Crippen LogP contribution in [0.2, 0.25) is 5.02 Å². The molecule has 0 spiro atoms. The molecule has 146 valence electrons. The van der Waals surface area contributed by atoms with Gasteiger partial charge < -0.3 is 14.8 Å². The largest absolute Gasteiger partial charge is 0.493 e. The van der Waals surface area contributed by atoms with Crippen LogP contribution in [0.1, 0.15) is 29.7 Å². The molecule has 0 saturated carbocycles. The number of ether oxygens (including phenoxy) is 2. The van der Waals surface area contributed by atoms with Crippen molar-refractivity contribution in [2.75, 3.05) is 7.11 Å². The Morgan fingerprint density at radius 1 is 1.00 bits per heavy atom. The van der Waals surface area contributed by atoms with E-state index in [1.165, 1.54) is 17.7 Å². The van der Waals surface area contributed by atoms with E-state index in [4.69, 9.17) is 21.1 Å². The minimum absolute atomic E-state index is 0.192. The molecule has 5 heteroatoms. The van der Waals surface area contributed by atoms with Crippen LogP contribution in [0, 0.1) is 5.82 Å². The first-order valence-corrected chi connectivity index (χ1v) is 9.46. The van der Waals surface area contributed by atoms with Gasteiger partial charge in [0.1, 0.15) is 12.4 Å². The zero-order valence-corrected chi connectivity index (χ0v) is 16.7. The number of benzene rings is 3. The zero-order chi connectivity index (χ0) is 19.9. The summed E-state index contributed by atoms with van der Waals surface area (Å²) in [5.74, 6) is 0.887. The normalized spacial score (nSPS) is 11.9. The maximum atomic E-state index is 13.0. The van der Waals surface area contributed by atoms with E-state index in [-0.39, 0.29) is 11.9 Å². The van der Waals surface area contributed by atoms with Crippen molar-refractivity contribution in [3.8, 4) is 11.5 Å². The molecule has 3 aromatic carbocycles. The fourth-order valence-electron chi connectivity index (χ4n) is 2.85. The van der Waals surface area contributed by atoms with Crippen LogP contribution < -0.4 is 14.8 Å². The van der Waals surface area contributed by atoms with Gasteiger partial charge >= 0.3 is 0 Å².